The molecule has 0 saturated heterocycles. The minimum absolute atomic E-state index is 0.573. The number of thiophene rings is 1. The summed E-state index contributed by atoms with van der Waals surface area (Å²) in [6.45, 7) is 4.50. The lowest BCUT2D eigenvalue weighted by Crippen LogP contribution is -2.39. The van der Waals surface area contributed by atoms with Crippen LogP contribution in [0.1, 0.15) is 62.3 Å². The lowest BCUT2D eigenvalue weighted by Gasteiger charge is -2.34. The number of hydrogen-bond donors (Lipinski definition) is 2. The van der Waals surface area contributed by atoms with E-state index in [1.165, 1.54) is 49.0 Å². The highest BCUT2D eigenvalue weighted by Crippen LogP contribution is 2.50. The molecule has 3 atom stereocenters. The monoisotopic (exact) mass is 330 g/mol. The summed E-state index contributed by atoms with van der Waals surface area (Å²) < 4.78 is 0. The summed E-state index contributed by atoms with van der Waals surface area (Å²) in [6.07, 6.45) is 9.39. The van der Waals surface area contributed by atoms with Crippen LogP contribution in [0.25, 0.3) is 10.2 Å². The number of nitrogens with one attached hydrogen (secondary N) is 1. The van der Waals surface area contributed by atoms with E-state index in [4.69, 9.17) is 5.73 Å². The third-order valence-electron chi connectivity index (χ3n) is 5.54. The summed E-state index contributed by atoms with van der Waals surface area (Å²) in [4.78, 5) is 11.3. The summed E-state index contributed by atoms with van der Waals surface area (Å²) in [7, 11) is 0. The van der Waals surface area contributed by atoms with E-state index < -0.39 is 0 Å². The van der Waals surface area contributed by atoms with Gasteiger partial charge in [0.2, 0.25) is 0 Å². The molecule has 0 bridgehead atoms. The van der Waals surface area contributed by atoms with Crippen molar-refractivity contribution >= 4 is 27.4 Å². The fourth-order valence-electron chi connectivity index (χ4n) is 4.72. The SMILES string of the molecule is CC(C)N[C@H]1CCCC(C2CCc3sc4ncnc(N)c4c32)C1. The van der Waals surface area contributed by atoms with E-state index in [2.05, 4.69) is 29.1 Å². The summed E-state index contributed by atoms with van der Waals surface area (Å²) in [5.41, 5.74) is 7.70. The molecule has 0 aromatic carbocycles. The average Bonchev–Trinajstić information content (AvgIpc) is 3.05. The Kier molecular flexibility index (Phi) is 4.01. The number of aryl methyl sites for hydroxylation is 1. The van der Waals surface area contributed by atoms with Gasteiger partial charge in [0.15, 0.2) is 0 Å². The molecular formula is C18H26N4S. The third-order valence-corrected chi connectivity index (χ3v) is 6.71. The van der Waals surface area contributed by atoms with E-state index in [-0.39, 0.29) is 0 Å². The standard InChI is InChI=1S/C18H26N4S/c1-10(2)22-12-5-3-4-11(8-12)13-6-7-14-15(13)16-17(19)20-9-21-18(16)23-14/h9-13,22H,3-8H2,1-2H3,(H2,19,20,21)/t11?,12-,13?/m0/s1. The molecule has 2 aliphatic carbocycles. The van der Waals surface area contributed by atoms with Crippen molar-refractivity contribution in [1.29, 1.82) is 0 Å². The topological polar surface area (TPSA) is 63.8 Å². The zero-order valence-corrected chi connectivity index (χ0v) is 14.8. The number of nitrogens with two attached hydrogens (primary N) is 1. The first-order valence-corrected chi connectivity index (χ1v) is 9.73. The van der Waals surface area contributed by atoms with Crippen molar-refractivity contribution in [1.82, 2.24) is 15.3 Å². The summed E-state index contributed by atoms with van der Waals surface area (Å²) >= 11 is 1.83. The Hall–Kier alpha value is -1.20. The molecule has 1 saturated carbocycles. The first-order chi connectivity index (χ1) is 11.1. The Bertz CT molecular complexity index is 708. The van der Waals surface area contributed by atoms with Gasteiger partial charge in [-0.3, -0.25) is 0 Å². The molecule has 0 spiro atoms. The Balaban J connectivity index is 1.64. The van der Waals surface area contributed by atoms with Crippen molar-refractivity contribution in [2.45, 2.75) is 70.4 Å². The second-order valence-corrected chi connectivity index (χ2v) is 8.55. The fraction of sp³-hybridized carbons (Fsp3) is 0.667. The van der Waals surface area contributed by atoms with E-state index in [1.807, 2.05) is 11.3 Å². The number of nitrogens with zero attached hydrogens (tertiary/aromatic N) is 2. The van der Waals surface area contributed by atoms with Crippen molar-refractivity contribution in [3.63, 3.8) is 0 Å². The van der Waals surface area contributed by atoms with Crippen LogP contribution in [0.5, 0.6) is 0 Å². The van der Waals surface area contributed by atoms with Crippen LogP contribution in [0, 0.1) is 5.92 Å². The van der Waals surface area contributed by atoms with Crippen LogP contribution in [-0.2, 0) is 6.42 Å². The van der Waals surface area contributed by atoms with Gasteiger partial charge in [0, 0.05) is 17.0 Å². The van der Waals surface area contributed by atoms with Gasteiger partial charge in [-0.25, -0.2) is 9.97 Å². The largest absolute Gasteiger partial charge is 0.383 e. The highest BCUT2D eigenvalue weighted by molar-refractivity contribution is 7.19. The number of aromatic nitrogens is 2. The summed E-state index contributed by atoms with van der Waals surface area (Å²) in [6, 6.07) is 1.25. The molecule has 23 heavy (non-hydrogen) atoms. The zero-order valence-electron chi connectivity index (χ0n) is 14.0. The van der Waals surface area contributed by atoms with Crippen LogP contribution in [0.2, 0.25) is 0 Å². The first kappa shape index (κ1) is 15.3. The van der Waals surface area contributed by atoms with Crippen molar-refractivity contribution in [2.24, 2.45) is 5.92 Å². The Morgan fingerprint density at radius 1 is 1.26 bits per heavy atom. The Labute approximate surface area is 141 Å². The molecule has 0 aliphatic heterocycles. The lowest BCUT2D eigenvalue weighted by atomic mass is 9.75. The molecule has 1 fully saturated rings. The molecule has 4 nitrogen and oxygen atoms in total. The first-order valence-electron chi connectivity index (χ1n) is 8.91. The van der Waals surface area contributed by atoms with Gasteiger partial charge < -0.3 is 11.1 Å². The van der Waals surface area contributed by atoms with E-state index >= 15 is 0 Å². The van der Waals surface area contributed by atoms with E-state index in [9.17, 15) is 0 Å². The van der Waals surface area contributed by atoms with Crippen LogP contribution >= 0.6 is 11.3 Å². The van der Waals surface area contributed by atoms with Gasteiger partial charge in [-0.1, -0.05) is 20.3 Å². The molecule has 4 rings (SSSR count). The van der Waals surface area contributed by atoms with E-state index in [0.29, 0.717) is 23.8 Å². The summed E-state index contributed by atoms with van der Waals surface area (Å²) in [5, 5.41) is 4.92. The number of anilines is 1. The van der Waals surface area contributed by atoms with Gasteiger partial charge in [0.05, 0.1) is 5.39 Å². The second kappa shape index (κ2) is 6.02. The molecule has 0 amide bonds. The second-order valence-electron chi connectivity index (χ2n) is 7.47. The predicted octanol–water partition coefficient (Wildman–Crippen LogP) is 3.86. The van der Waals surface area contributed by atoms with Gasteiger partial charge in [0.1, 0.15) is 17.0 Å². The molecule has 2 aromatic heterocycles. The van der Waals surface area contributed by atoms with Crippen molar-refractivity contribution < 1.29 is 0 Å². The molecule has 2 heterocycles. The molecule has 0 radical (unpaired) electrons. The molecule has 3 N–H and O–H groups in total. The molecular weight excluding hydrogens is 304 g/mol. The maximum atomic E-state index is 6.20. The lowest BCUT2D eigenvalue weighted by molar-refractivity contribution is 0.242. The third kappa shape index (κ3) is 2.74. The smallest absolute Gasteiger partial charge is 0.135 e. The van der Waals surface area contributed by atoms with E-state index in [0.717, 1.165) is 16.1 Å². The van der Waals surface area contributed by atoms with Gasteiger partial charge in [0.25, 0.3) is 0 Å². The fourth-order valence-corrected chi connectivity index (χ4v) is 5.95. The number of hydrogen-bond acceptors (Lipinski definition) is 5. The quantitative estimate of drug-likeness (QED) is 0.897. The van der Waals surface area contributed by atoms with Crippen LogP contribution < -0.4 is 11.1 Å². The molecule has 124 valence electrons. The zero-order chi connectivity index (χ0) is 16.0. The maximum Gasteiger partial charge on any atom is 0.135 e. The molecule has 5 heteroatoms. The van der Waals surface area contributed by atoms with Gasteiger partial charge in [-0.05, 0) is 49.5 Å². The predicted molar refractivity (Wildman–Crippen MR) is 96.9 cm³/mol. The number of fused-ring (bicyclic) bond motifs is 3. The average molecular weight is 331 g/mol. The Morgan fingerprint density at radius 2 is 2.13 bits per heavy atom. The summed E-state index contributed by atoms with van der Waals surface area (Å²) in [5.74, 6) is 2.11. The Morgan fingerprint density at radius 3 is 2.96 bits per heavy atom. The van der Waals surface area contributed by atoms with Gasteiger partial charge in [-0.2, -0.15) is 0 Å². The van der Waals surface area contributed by atoms with Crippen LogP contribution in [0.4, 0.5) is 5.82 Å². The van der Waals surface area contributed by atoms with Crippen LogP contribution in [0.15, 0.2) is 6.33 Å². The minimum Gasteiger partial charge on any atom is -0.383 e. The van der Waals surface area contributed by atoms with Gasteiger partial charge in [-0.15, -0.1) is 11.3 Å². The number of nitrogen functional groups attached to an aromatic ring is 1. The van der Waals surface area contributed by atoms with E-state index in [1.54, 1.807) is 6.33 Å². The van der Waals surface area contributed by atoms with Crippen molar-refractivity contribution in [3.05, 3.63) is 16.8 Å². The maximum absolute atomic E-state index is 6.20. The van der Waals surface area contributed by atoms with Crippen LogP contribution in [-0.4, -0.2) is 22.1 Å². The normalized spacial score (nSPS) is 27.7. The molecule has 2 aromatic rings. The number of rotatable bonds is 3. The minimum atomic E-state index is 0.573. The van der Waals surface area contributed by atoms with Crippen molar-refractivity contribution in [2.75, 3.05) is 5.73 Å². The highest BCUT2D eigenvalue weighted by Gasteiger charge is 2.36. The molecule has 2 aliphatic rings. The van der Waals surface area contributed by atoms with Crippen LogP contribution in [0.3, 0.4) is 0 Å². The van der Waals surface area contributed by atoms with Gasteiger partial charge >= 0.3 is 0 Å². The highest BCUT2D eigenvalue weighted by atomic mass is 32.1. The molecule has 2 unspecified atom stereocenters. The van der Waals surface area contributed by atoms with Crippen molar-refractivity contribution in [3.8, 4) is 0 Å².